The van der Waals surface area contributed by atoms with Gasteiger partial charge in [-0.3, -0.25) is 4.79 Å². The highest BCUT2D eigenvalue weighted by Gasteiger charge is 2.22. The lowest BCUT2D eigenvalue weighted by Gasteiger charge is -2.37. The standard InChI is InChI=1S/C24H21ClFN3O3/c25-17-7-5-16(6-8-17)23(30)27-21-10-9-18(15-19(21)24(31)32)28-11-13-29(14-12-28)22-4-2-1-3-20(22)26/h1-10,15H,11-14H2,(H,27,30)(H,31,32). The van der Waals surface area contributed by atoms with Crippen LogP contribution in [-0.2, 0) is 0 Å². The SMILES string of the molecule is O=C(Nc1ccc(N2CCN(c3ccccc3F)CC2)cc1C(=O)O)c1ccc(Cl)cc1. The van der Waals surface area contributed by atoms with Crippen molar-refractivity contribution in [1.82, 2.24) is 0 Å². The van der Waals surface area contributed by atoms with E-state index in [1.54, 1.807) is 60.7 Å². The quantitative estimate of drug-likeness (QED) is 0.583. The molecule has 1 fully saturated rings. The molecule has 0 spiro atoms. The molecule has 0 radical (unpaired) electrons. The van der Waals surface area contributed by atoms with Crippen LogP contribution in [0.15, 0.2) is 66.7 Å². The Kier molecular flexibility index (Phi) is 6.28. The van der Waals surface area contributed by atoms with Gasteiger partial charge in [-0.1, -0.05) is 23.7 Å². The molecule has 0 unspecified atom stereocenters. The molecule has 1 aliphatic rings. The van der Waals surface area contributed by atoms with Crippen LogP contribution >= 0.6 is 11.6 Å². The summed E-state index contributed by atoms with van der Waals surface area (Å²) in [5, 5.41) is 12.9. The first-order chi connectivity index (χ1) is 15.4. The van der Waals surface area contributed by atoms with Gasteiger partial charge in [0, 0.05) is 42.5 Å². The van der Waals surface area contributed by atoms with E-state index in [9.17, 15) is 19.1 Å². The summed E-state index contributed by atoms with van der Waals surface area (Å²) in [5.74, 6) is -1.81. The van der Waals surface area contributed by atoms with Crippen LogP contribution in [0.4, 0.5) is 21.5 Å². The Morgan fingerprint density at radius 1 is 0.906 bits per heavy atom. The molecule has 3 aromatic carbocycles. The minimum atomic E-state index is -1.14. The van der Waals surface area contributed by atoms with Crippen molar-refractivity contribution in [2.45, 2.75) is 0 Å². The average molecular weight is 454 g/mol. The van der Waals surface area contributed by atoms with Crippen LogP contribution in [0.1, 0.15) is 20.7 Å². The van der Waals surface area contributed by atoms with E-state index in [0.29, 0.717) is 42.5 Å². The van der Waals surface area contributed by atoms with Crippen molar-refractivity contribution < 1.29 is 19.1 Å². The van der Waals surface area contributed by atoms with Gasteiger partial charge >= 0.3 is 5.97 Å². The average Bonchev–Trinajstić information content (AvgIpc) is 2.80. The Bertz CT molecular complexity index is 1150. The maximum atomic E-state index is 14.1. The number of piperazine rings is 1. The van der Waals surface area contributed by atoms with E-state index in [4.69, 9.17) is 11.6 Å². The highest BCUT2D eigenvalue weighted by Crippen LogP contribution is 2.27. The Hall–Kier alpha value is -3.58. The molecule has 4 rings (SSSR count). The first-order valence-electron chi connectivity index (χ1n) is 10.1. The number of benzene rings is 3. The number of nitrogens with one attached hydrogen (secondary N) is 1. The van der Waals surface area contributed by atoms with Gasteiger partial charge in [0.25, 0.3) is 5.91 Å². The van der Waals surface area contributed by atoms with Gasteiger partial charge in [-0.05, 0) is 54.6 Å². The van der Waals surface area contributed by atoms with Crippen molar-refractivity contribution in [1.29, 1.82) is 0 Å². The number of carboxylic acid groups (broad SMARTS) is 1. The summed E-state index contributed by atoms with van der Waals surface area (Å²) in [6, 6.07) is 17.9. The fourth-order valence-corrected chi connectivity index (χ4v) is 3.85. The summed E-state index contributed by atoms with van der Waals surface area (Å²) in [5.41, 5.74) is 1.89. The third-order valence-electron chi connectivity index (χ3n) is 5.43. The van der Waals surface area contributed by atoms with Crippen molar-refractivity contribution in [3.05, 3.63) is 88.7 Å². The van der Waals surface area contributed by atoms with Crippen LogP contribution in [0.3, 0.4) is 0 Å². The van der Waals surface area contributed by atoms with Crippen LogP contribution in [0, 0.1) is 5.82 Å². The molecule has 32 heavy (non-hydrogen) atoms. The van der Waals surface area contributed by atoms with E-state index in [0.717, 1.165) is 5.69 Å². The van der Waals surface area contributed by atoms with E-state index in [2.05, 4.69) is 10.2 Å². The van der Waals surface area contributed by atoms with E-state index in [1.807, 2.05) is 4.90 Å². The van der Waals surface area contributed by atoms with E-state index >= 15 is 0 Å². The second-order valence-electron chi connectivity index (χ2n) is 7.42. The topological polar surface area (TPSA) is 72.9 Å². The van der Waals surface area contributed by atoms with Crippen molar-refractivity contribution in [3.8, 4) is 0 Å². The molecular formula is C24H21ClFN3O3. The molecule has 0 aliphatic carbocycles. The number of nitrogens with zero attached hydrogens (tertiary/aromatic N) is 2. The molecule has 1 heterocycles. The summed E-state index contributed by atoms with van der Waals surface area (Å²) in [7, 11) is 0. The van der Waals surface area contributed by atoms with Crippen molar-refractivity contribution in [3.63, 3.8) is 0 Å². The predicted molar refractivity (Wildman–Crippen MR) is 124 cm³/mol. The lowest BCUT2D eigenvalue weighted by molar-refractivity contribution is 0.0698. The fourth-order valence-electron chi connectivity index (χ4n) is 3.72. The first-order valence-corrected chi connectivity index (χ1v) is 10.5. The van der Waals surface area contributed by atoms with Gasteiger partial charge in [0.2, 0.25) is 0 Å². The van der Waals surface area contributed by atoms with Crippen LogP contribution in [-0.4, -0.2) is 43.2 Å². The van der Waals surface area contributed by atoms with Crippen molar-refractivity contribution in [2.75, 3.05) is 41.3 Å². The second kappa shape index (κ2) is 9.28. The zero-order chi connectivity index (χ0) is 22.7. The smallest absolute Gasteiger partial charge is 0.337 e. The number of amides is 1. The maximum Gasteiger partial charge on any atom is 0.337 e. The van der Waals surface area contributed by atoms with Gasteiger partial charge < -0.3 is 20.2 Å². The first kappa shape index (κ1) is 21.6. The monoisotopic (exact) mass is 453 g/mol. The maximum absolute atomic E-state index is 14.1. The van der Waals surface area contributed by atoms with Gasteiger partial charge in [-0.25, -0.2) is 9.18 Å². The summed E-state index contributed by atoms with van der Waals surface area (Å²) in [6.07, 6.45) is 0. The van der Waals surface area contributed by atoms with E-state index in [1.165, 1.54) is 6.07 Å². The minimum absolute atomic E-state index is 0.00125. The van der Waals surface area contributed by atoms with Gasteiger partial charge in [0.1, 0.15) is 5.82 Å². The van der Waals surface area contributed by atoms with Crippen LogP contribution < -0.4 is 15.1 Å². The van der Waals surface area contributed by atoms with Gasteiger partial charge in [-0.15, -0.1) is 0 Å². The fraction of sp³-hybridized carbons (Fsp3) is 0.167. The number of rotatable bonds is 5. The Labute approximate surface area is 189 Å². The Morgan fingerprint density at radius 2 is 1.56 bits per heavy atom. The number of para-hydroxylation sites is 1. The zero-order valence-electron chi connectivity index (χ0n) is 17.1. The van der Waals surface area contributed by atoms with Crippen LogP contribution in [0.2, 0.25) is 5.02 Å². The molecule has 1 aliphatic heterocycles. The largest absolute Gasteiger partial charge is 0.478 e. The number of carbonyl (C=O) groups is 2. The number of carbonyl (C=O) groups excluding carboxylic acids is 1. The normalized spacial score (nSPS) is 13.7. The summed E-state index contributed by atoms with van der Waals surface area (Å²) in [6.45, 7) is 2.45. The molecule has 0 saturated carbocycles. The predicted octanol–water partition coefficient (Wildman–Crippen LogP) is 4.76. The van der Waals surface area contributed by atoms with Crippen LogP contribution in [0.5, 0.6) is 0 Å². The number of carboxylic acids is 1. The zero-order valence-corrected chi connectivity index (χ0v) is 17.8. The molecule has 6 nitrogen and oxygen atoms in total. The molecule has 2 N–H and O–H groups in total. The number of hydrogen-bond acceptors (Lipinski definition) is 4. The summed E-state index contributed by atoms with van der Waals surface area (Å²) >= 11 is 5.85. The molecule has 8 heteroatoms. The second-order valence-corrected chi connectivity index (χ2v) is 7.86. The minimum Gasteiger partial charge on any atom is -0.478 e. The molecular weight excluding hydrogens is 433 g/mol. The molecule has 164 valence electrons. The lowest BCUT2D eigenvalue weighted by Crippen LogP contribution is -2.46. The molecule has 1 amide bonds. The molecule has 0 bridgehead atoms. The van der Waals surface area contributed by atoms with Crippen molar-refractivity contribution in [2.24, 2.45) is 0 Å². The Balaban J connectivity index is 1.48. The van der Waals surface area contributed by atoms with E-state index < -0.39 is 11.9 Å². The third-order valence-corrected chi connectivity index (χ3v) is 5.68. The highest BCUT2D eigenvalue weighted by molar-refractivity contribution is 6.30. The number of aromatic carboxylic acids is 1. The molecule has 1 saturated heterocycles. The lowest BCUT2D eigenvalue weighted by atomic mass is 10.1. The molecule has 3 aromatic rings. The highest BCUT2D eigenvalue weighted by atomic mass is 35.5. The molecule has 0 atom stereocenters. The summed E-state index contributed by atoms with van der Waals surface area (Å²) in [4.78, 5) is 28.4. The Morgan fingerprint density at radius 3 is 2.22 bits per heavy atom. The summed E-state index contributed by atoms with van der Waals surface area (Å²) < 4.78 is 14.1. The van der Waals surface area contributed by atoms with Gasteiger partial charge in [-0.2, -0.15) is 0 Å². The number of halogens is 2. The van der Waals surface area contributed by atoms with E-state index in [-0.39, 0.29) is 17.1 Å². The third kappa shape index (κ3) is 4.68. The van der Waals surface area contributed by atoms with Gasteiger partial charge in [0.15, 0.2) is 0 Å². The van der Waals surface area contributed by atoms with Crippen LogP contribution in [0.25, 0.3) is 0 Å². The molecule has 0 aromatic heterocycles. The number of anilines is 3. The van der Waals surface area contributed by atoms with Gasteiger partial charge in [0.05, 0.1) is 16.9 Å². The number of hydrogen-bond donors (Lipinski definition) is 2. The van der Waals surface area contributed by atoms with Crippen molar-refractivity contribution >= 4 is 40.5 Å².